The first-order chi connectivity index (χ1) is 10.2. The Labute approximate surface area is 124 Å². The van der Waals surface area contributed by atoms with E-state index in [1.165, 1.54) is 23.9 Å². The molecule has 0 spiro atoms. The Balaban J connectivity index is 1.73. The minimum atomic E-state index is -0.639. The van der Waals surface area contributed by atoms with Crippen LogP contribution in [0.4, 0.5) is 4.39 Å². The van der Waals surface area contributed by atoms with Crippen LogP contribution in [0.5, 0.6) is 5.75 Å². The second kappa shape index (κ2) is 7.63. The van der Waals surface area contributed by atoms with Gasteiger partial charge in [0.05, 0.1) is 13.2 Å². The molecular weight excluding hydrogens is 299 g/mol. The fourth-order valence-corrected chi connectivity index (χ4v) is 1.94. The van der Waals surface area contributed by atoms with Gasteiger partial charge in [-0.1, -0.05) is 16.9 Å². The maximum Gasteiger partial charge on any atom is 0.396 e. The molecular formula is C13H13FN2O4S. The van der Waals surface area contributed by atoms with Crippen LogP contribution in [-0.4, -0.2) is 35.1 Å². The molecule has 2 rings (SSSR count). The summed E-state index contributed by atoms with van der Waals surface area (Å²) in [7, 11) is 0. The van der Waals surface area contributed by atoms with Crippen LogP contribution < -0.4 is 4.74 Å². The molecule has 0 aliphatic rings. The van der Waals surface area contributed by atoms with Crippen molar-refractivity contribution < 1.29 is 23.1 Å². The largest absolute Gasteiger partial charge is 0.493 e. The van der Waals surface area contributed by atoms with Gasteiger partial charge >= 0.3 is 11.9 Å². The van der Waals surface area contributed by atoms with Crippen molar-refractivity contribution in [1.29, 1.82) is 0 Å². The number of benzene rings is 1. The number of esters is 1. The maximum atomic E-state index is 12.7. The van der Waals surface area contributed by atoms with Crippen molar-refractivity contribution in [2.75, 3.05) is 19.0 Å². The lowest BCUT2D eigenvalue weighted by atomic mass is 10.3. The molecule has 0 amide bonds. The average Bonchev–Trinajstić information content (AvgIpc) is 2.95. The third-order valence-electron chi connectivity index (χ3n) is 2.25. The number of aromatic nitrogens is 2. The molecule has 21 heavy (non-hydrogen) atoms. The SMILES string of the molecule is CCOC(=O)c1nnc(SCCOc2ccc(F)cc2)o1. The number of hydrogen-bond acceptors (Lipinski definition) is 7. The van der Waals surface area contributed by atoms with Gasteiger partial charge < -0.3 is 13.9 Å². The van der Waals surface area contributed by atoms with Crippen molar-refractivity contribution in [2.45, 2.75) is 12.1 Å². The standard InChI is InChI=1S/C13H13FN2O4S/c1-2-18-12(17)11-15-16-13(20-11)21-8-7-19-10-5-3-9(14)4-6-10/h3-6H,2,7-8H2,1H3. The third-order valence-corrected chi connectivity index (χ3v) is 3.03. The lowest BCUT2D eigenvalue weighted by Gasteiger charge is -2.04. The van der Waals surface area contributed by atoms with Gasteiger partial charge in [-0.2, -0.15) is 0 Å². The summed E-state index contributed by atoms with van der Waals surface area (Å²) >= 11 is 1.25. The fraction of sp³-hybridized carbons (Fsp3) is 0.308. The Kier molecular flexibility index (Phi) is 5.56. The summed E-state index contributed by atoms with van der Waals surface area (Å²) in [5.41, 5.74) is 0. The molecule has 2 aromatic rings. The van der Waals surface area contributed by atoms with E-state index in [0.717, 1.165) is 0 Å². The second-order valence-electron chi connectivity index (χ2n) is 3.74. The molecule has 8 heteroatoms. The van der Waals surface area contributed by atoms with Crippen molar-refractivity contribution in [3.63, 3.8) is 0 Å². The highest BCUT2D eigenvalue weighted by Crippen LogP contribution is 2.17. The number of ether oxygens (including phenoxy) is 2. The van der Waals surface area contributed by atoms with Crippen LogP contribution in [0.3, 0.4) is 0 Å². The van der Waals surface area contributed by atoms with Gasteiger partial charge in [-0.05, 0) is 31.2 Å². The van der Waals surface area contributed by atoms with Gasteiger partial charge in [0.25, 0.3) is 5.22 Å². The molecule has 0 N–H and O–H groups in total. The predicted octanol–water partition coefficient (Wildman–Crippen LogP) is 2.56. The van der Waals surface area contributed by atoms with E-state index in [2.05, 4.69) is 10.2 Å². The van der Waals surface area contributed by atoms with E-state index < -0.39 is 5.97 Å². The van der Waals surface area contributed by atoms with Crippen LogP contribution in [0.2, 0.25) is 0 Å². The van der Waals surface area contributed by atoms with Crippen molar-refractivity contribution in [3.05, 3.63) is 36.0 Å². The van der Waals surface area contributed by atoms with Crippen LogP contribution in [-0.2, 0) is 4.74 Å². The topological polar surface area (TPSA) is 74.5 Å². The molecule has 0 atom stereocenters. The molecule has 0 unspecified atom stereocenters. The molecule has 0 radical (unpaired) electrons. The Hall–Kier alpha value is -2.09. The van der Waals surface area contributed by atoms with E-state index >= 15 is 0 Å². The van der Waals surface area contributed by atoms with Crippen LogP contribution in [0.15, 0.2) is 33.9 Å². The molecule has 0 aliphatic heterocycles. The predicted molar refractivity (Wildman–Crippen MR) is 72.9 cm³/mol. The van der Waals surface area contributed by atoms with Gasteiger partial charge in [0.15, 0.2) is 0 Å². The first kappa shape index (κ1) is 15.3. The van der Waals surface area contributed by atoms with Crippen molar-refractivity contribution in [3.8, 4) is 5.75 Å². The minimum Gasteiger partial charge on any atom is -0.493 e. The third kappa shape index (κ3) is 4.75. The lowest BCUT2D eigenvalue weighted by Crippen LogP contribution is -2.04. The number of halogens is 1. The Morgan fingerprint density at radius 1 is 1.33 bits per heavy atom. The number of thioether (sulfide) groups is 1. The summed E-state index contributed by atoms with van der Waals surface area (Å²) < 4.78 is 28.0. The smallest absolute Gasteiger partial charge is 0.396 e. The first-order valence-corrected chi connectivity index (χ1v) is 7.19. The molecule has 0 bridgehead atoms. The van der Waals surface area contributed by atoms with E-state index in [4.69, 9.17) is 13.9 Å². The summed E-state index contributed by atoms with van der Waals surface area (Å²) in [6.45, 7) is 2.32. The van der Waals surface area contributed by atoms with Gasteiger partial charge in [-0.25, -0.2) is 9.18 Å². The zero-order valence-electron chi connectivity index (χ0n) is 11.2. The van der Waals surface area contributed by atoms with Gasteiger partial charge in [-0.3, -0.25) is 0 Å². The van der Waals surface area contributed by atoms with Crippen molar-refractivity contribution >= 4 is 17.7 Å². The number of carbonyl (C=O) groups is 1. The zero-order valence-corrected chi connectivity index (χ0v) is 12.1. The summed E-state index contributed by atoms with van der Waals surface area (Å²) in [6, 6.07) is 5.75. The van der Waals surface area contributed by atoms with E-state index in [9.17, 15) is 9.18 Å². The van der Waals surface area contributed by atoms with Gasteiger partial charge in [0.2, 0.25) is 0 Å². The number of hydrogen-bond donors (Lipinski definition) is 0. The van der Waals surface area contributed by atoms with Crippen LogP contribution in [0.25, 0.3) is 0 Å². The number of nitrogens with zero attached hydrogens (tertiary/aromatic N) is 2. The highest BCUT2D eigenvalue weighted by atomic mass is 32.2. The average molecular weight is 312 g/mol. The zero-order chi connectivity index (χ0) is 15.1. The maximum absolute atomic E-state index is 12.7. The summed E-state index contributed by atoms with van der Waals surface area (Å²) in [6.07, 6.45) is 0. The molecule has 0 saturated carbocycles. The molecule has 112 valence electrons. The molecule has 0 saturated heterocycles. The van der Waals surface area contributed by atoms with Crippen LogP contribution in [0, 0.1) is 5.82 Å². The molecule has 1 heterocycles. The first-order valence-electron chi connectivity index (χ1n) is 6.21. The van der Waals surface area contributed by atoms with Gasteiger partial charge in [-0.15, -0.1) is 5.10 Å². The quantitative estimate of drug-likeness (QED) is 0.442. The van der Waals surface area contributed by atoms with Gasteiger partial charge in [0, 0.05) is 5.75 Å². The van der Waals surface area contributed by atoms with Gasteiger partial charge in [0.1, 0.15) is 11.6 Å². The highest BCUT2D eigenvalue weighted by Gasteiger charge is 2.15. The molecule has 1 aromatic heterocycles. The van der Waals surface area contributed by atoms with Crippen molar-refractivity contribution in [2.24, 2.45) is 0 Å². The second-order valence-corrected chi connectivity index (χ2v) is 4.79. The normalized spacial score (nSPS) is 10.4. The van der Waals surface area contributed by atoms with E-state index in [1.807, 2.05) is 0 Å². The summed E-state index contributed by atoms with van der Waals surface area (Å²) in [4.78, 5) is 11.3. The highest BCUT2D eigenvalue weighted by molar-refractivity contribution is 7.99. The Morgan fingerprint density at radius 2 is 2.10 bits per heavy atom. The minimum absolute atomic E-state index is 0.168. The van der Waals surface area contributed by atoms with Crippen LogP contribution in [0.1, 0.15) is 17.6 Å². The summed E-state index contributed by atoms with van der Waals surface area (Å²) in [5, 5.41) is 7.57. The molecule has 1 aromatic carbocycles. The lowest BCUT2D eigenvalue weighted by molar-refractivity contribution is 0.0475. The van der Waals surface area contributed by atoms with Crippen LogP contribution >= 0.6 is 11.8 Å². The summed E-state index contributed by atoms with van der Waals surface area (Å²) in [5.74, 6) is 0.00371. The van der Waals surface area contributed by atoms with Crippen molar-refractivity contribution in [1.82, 2.24) is 10.2 Å². The number of rotatable bonds is 7. The number of carbonyl (C=O) groups excluding carboxylic acids is 1. The van der Waals surface area contributed by atoms with E-state index in [1.54, 1.807) is 19.1 Å². The Bertz CT molecular complexity index is 588. The monoisotopic (exact) mass is 312 g/mol. The fourth-order valence-electron chi connectivity index (χ4n) is 1.36. The van der Waals surface area contributed by atoms with E-state index in [0.29, 0.717) is 18.1 Å². The molecule has 0 aliphatic carbocycles. The Morgan fingerprint density at radius 3 is 2.81 bits per heavy atom. The molecule has 0 fully saturated rings. The molecule has 6 nitrogen and oxygen atoms in total. The van der Waals surface area contributed by atoms with E-state index in [-0.39, 0.29) is 23.5 Å².